The maximum absolute atomic E-state index is 12.8. The van der Waals surface area contributed by atoms with E-state index in [4.69, 9.17) is 0 Å². The summed E-state index contributed by atoms with van der Waals surface area (Å²) in [6.45, 7) is 0. The molecule has 0 radical (unpaired) electrons. The quantitative estimate of drug-likeness (QED) is 0.865. The number of rotatable bonds is 3. The van der Waals surface area contributed by atoms with Crippen molar-refractivity contribution < 1.29 is 8.42 Å². The molecule has 2 aromatic rings. The lowest BCUT2D eigenvalue weighted by Gasteiger charge is -2.37. The van der Waals surface area contributed by atoms with Gasteiger partial charge in [-0.1, -0.05) is 6.07 Å². The van der Waals surface area contributed by atoms with E-state index in [-0.39, 0.29) is 18.1 Å². The minimum atomic E-state index is -3.34. The highest BCUT2D eigenvalue weighted by atomic mass is 32.2. The van der Waals surface area contributed by atoms with Crippen LogP contribution >= 0.6 is 11.3 Å². The Morgan fingerprint density at radius 3 is 2.52 bits per heavy atom. The van der Waals surface area contributed by atoms with Gasteiger partial charge in [0, 0.05) is 12.1 Å². The Bertz CT molecular complexity index is 697. The third-order valence-corrected chi connectivity index (χ3v) is 7.86. The van der Waals surface area contributed by atoms with Gasteiger partial charge in [0.25, 0.3) is 10.0 Å². The Kier molecular flexibility index (Phi) is 3.13. The molecule has 2 atom stereocenters. The summed E-state index contributed by atoms with van der Waals surface area (Å²) in [5, 5.41) is 6.03. The number of nitrogens with zero attached hydrogens (tertiary/aromatic N) is 4. The minimum Gasteiger partial charge on any atom is -0.250 e. The highest BCUT2D eigenvalue weighted by Crippen LogP contribution is 2.43. The van der Waals surface area contributed by atoms with Gasteiger partial charge in [-0.05, 0) is 37.1 Å². The lowest BCUT2D eigenvalue weighted by molar-refractivity contribution is 0.185. The van der Waals surface area contributed by atoms with E-state index < -0.39 is 10.0 Å². The number of hydrogen-bond acceptors (Lipinski definition) is 5. The van der Waals surface area contributed by atoms with Crippen molar-refractivity contribution >= 4 is 21.4 Å². The molecular weight excluding hydrogens is 308 g/mol. The van der Waals surface area contributed by atoms with Crippen molar-refractivity contribution in [3.05, 3.63) is 30.2 Å². The van der Waals surface area contributed by atoms with Crippen molar-refractivity contribution in [2.24, 2.45) is 0 Å². The van der Waals surface area contributed by atoms with Gasteiger partial charge in [0.2, 0.25) is 0 Å². The summed E-state index contributed by atoms with van der Waals surface area (Å²) in [7, 11) is -3.34. The van der Waals surface area contributed by atoms with Gasteiger partial charge in [-0.2, -0.15) is 9.40 Å². The molecule has 2 bridgehead atoms. The van der Waals surface area contributed by atoms with Crippen LogP contribution in [0.5, 0.6) is 0 Å². The Hall–Kier alpha value is -1.25. The molecule has 2 fully saturated rings. The Balaban J connectivity index is 1.63. The van der Waals surface area contributed by atoms with Crippen LogP contribution in [0.3, 0.4) is 0 Å². The van der Waals surface area contributed by atoms with Crippen LogP contribution in [-0.4, -0.2) is 39.6 Å². The SMILES string of the molecule is O=S(=O)(c1cccs1)N1C2CCC1CC(n1cncn1)C2. The summed E-state index contributed by atoms with van der Waals surface area (Å²) >= 11 is 1.30. The first-order valence-electron chi connectivity index (χ1n) is 7.07. The van der Waals surface area contributed by atoms with Gasteiger partial charge in [0.15, 0.2) is 0 Å². The lowest BCUT2D eigenvalue weighted by Crippen LogP contribution is -2.46. The molecule has 4 heterocycles. The zero-order valence-corrected chi connectivity index (χ0v) is 13.0. The monoisotopic (exact) mass is 324 g/mol. The van der Waals surface area contributed by atoms with E-state index in [0.29, 0.717) is 4.21 Å². The van der Waals surface area contributed by atoms with E-state index in [1.54, 1.807) is 22.8 Å². The first-order chi connectivity index (χ1) is 10.2. The molecule has 2 aliphatic heterocycles. The Morgan fingerprint density at radius 1 is 1.19 bits per heavy atom. The van der Waals surface area contributed by atoms with Crippen LogP contribution in [0.1, 0.15) is 31.7 Å². The summed E-state index contributed by atoms with van der Waals surface area (Å²) < 4.78 is 29.7. The summed E-state index contributed by atoms with van der Waals surface area (Å²) in [6, 6.07) is 3.93. The normalized spacial score (nSPS) is 29.8. The number of fused-ring (bicyclic) bond motifs is 2. The third kappa shape index (κ3) is 2.13. The lowest BCUT2D eigenvalue weighted by atomic mass is 10.0. The van der Waals surface area contributed by atoms with Gasteiger partial charge < -0.3 is 0 Å². The molecule has 0 N–H and O–H groups in total. The standard InChI is InChI=1S/C13H16N4O2S2/c18-21(19,13-2-1-5-20-13)17-10-3-4-11(17)7-12(6-10)16-9-14-8-15-16/h1-2,5,8-12H,3-4,6-7H2. The zero-order valence-electron chi connectivity index (χ0n) is 11.4. The summed E-state index contributed by atoms with van der Waals surface area (Å²) in [4.78, 5) is 4.00. The highest BCUT2D eigenvalue weighted by Gasteiger charge is 2.48. The van der Waals surface area contributed by atoms with Gasteiger partial charge in [-0.3, -0.25) is 0 Å². The van der Waals surface area contributed by atoms with Crippen LogP contribution in [0.15, 0.2) is 34.4 Å². The molecule has 6 nitrogen and oxygen atoms in total. The molecule has 8 heteroatoms. The van der Waals surface area contributed by atoms with E-state index in [1.807, 2.05) is 10.1 Å². The average Bonchev–Trinajstić information content (AvgIpc) is 3.18. The van der Waals surface area contributed by atoms with Crippen molar-refractivity contribution in [3.63, 3.8) is 0 Å². The summed E-state index contributed by atoms with van der Waals surface area (Å²) in [5.41, 5.74) is 0. The number of aromatic nitrogens is 3. The van der Waals surface area contributed by atoms with Crippen LogP contribution in [0.25, 0.3) is 0 Å². The fourth-order valence-corrected chi connectivity index (χ4v) is 6.62. The van der Waals surface area contributed by atoms with Crippen molar-refractivity contribution in [1.82, 2.24) is 19.1 Å². The van der Waals surface area contributed by atoms with Crippen LogP contribution in [0.2, 0.25) is 0 Å². The number of piperidine rings is 1. The van der Waals surface area contributed by atoms with Crippen LogP contribution in [0, 0.1) is 0 Å². The minimum absolute atomic E-state index is 0.0880. The molecule has 0 saturated carbocycles. The molecule has 2 saturated heterocycles. The molecule has 0 aliphatic carbocycles. The summed E-state index contributed by atoms with van der Waals surface area (Å²) in [6.07, 6.45) is 6.81. The molecule has 4 rings (SSSR count). The molecule has 2 aliphatic rings. The van der Waals surface area contributed by atoms with Crippen LogP contribution in [0.4, 0.5) is 0 Å². The molecule has 0 spiro atoms. The Labute approximate surface area is 127 Å². The first kappa shape index (κ1) is 13.4. The first-order valence-corrected chi connectivity index (χ1v) is 9.39. The van der Waals surface area contributed by atoms with Gasteiger partial charge in [0.05, 0.1) is 6.04 Å². The number of sulfonamides is 1. The second-order valence-corrected chi connectivity index (χ2v) is 8.67. The van der Waals surface area contributed by atoms with Crippen LogP contribution in [-0.2, 0) is 10.0 Å². The smallest absolute Gasteiger partial charge is 0.250 e. The van der Waals surface area contributed by atoms with Gasteiger partial charge in [0.1, 0.15) is 16.9 Å². The fourth-order valence-electron chi connectivity index (χ4n) is 3.63. The predicted molar refractivity (Wildman–Crippen MR) is 78.4 cm³/mol. The second kappa shape index (κ2) is 4.89. The molecular formula is C13H16N4O2S2. The van der Waals surface area contributed by atoms with E-state index >= 15 is 0 Å². The molecule has 0 amide bonds. The van der Waals surface area contributed by atoms with Crippen molar-refractivity contribution in [2.75, 3.05) is 0 Å². The maximum atomic E-state index is 12.8. The van der Waals surface area contributed by atoms with Crippen molar-refractivity contribution in [2.45, 2.75) is 48.0 Å². The molecule has 112 valence electrons. The summed E-state index contributed by atoms with van der Waals surface area (Å²) in [5.74, 6) is 0. The maximum Gasteiger partial charge on any atom is 0.253 e. The van der Waals surface area contributed by atoms with Crippen LogP contribution < -0.4 is 0 Å². The van der Waals surface area contributed by atoms with Gasteiger partial charge in [-0.25, -0.2) is 18.1 Å². The van der Waals surface area contributed by atoms with Crippen molar-refractivity contribution in [3.8, 4) is 0 Å². The second-order valence-electron chi connectivity index (χ2n) is 5.65. The van der Waals surface area contributed by atoms with Crippen molar-refractivity contribution in [1.29, 1.82) is 0 Å². The largest absolute Gasteiger partial charge is 0.253 e. The van der Waals surface area contributed by atoms with Gasteiger partial charge >= 0.3 is 0 Å². The average molecular weight is 324 g/mol. The molecule has 2 aromatic heterocycles. The number of thiophene rings is 1. The molecule has 21 heavy (non-hydrogen) atoms. The van der Waals surface area contributed by atoms with E-state index in [0.717, 1.165) is 25.7 Å². The molecule has 0 aromatic carbocycles. The number of hydrogen-bond donors (Lipinski definition) is 0. The highest BCUT2D eigenvalue weighted by molar-refractivity contribution is 7.91. The van der Waals surface area contributed by atoms with Gasteiger partial charge in [-0.15, -0.1) is 11.3 Å². The fraction of sp³-hybridized carbons (Fsp3) is 0.538. The van der Waals surface area contributed by atoms with E-state index in [2.05, 4.69) is 10.1 Å². The third-order valence-electron chi connectivity index (χ3n) is 4.48. The Morgan fingerprint density at radius 2 is 1.95 bits per heavy atom. The van der Waals surface area contributed by atoms with E-state index in [9.17, 15) is 8.42 Å². The predicted octanol–water partition coefficient (Wildman–Crippen LogP) is 1.90. The molecule has 2 unspecified atom stereocenters. The topological polar surface area (TPSA) is 68.1 Å². The van der Waals surface area contributed by atoms with E-state index in [1.165, 1.54) is 17.7 Å². The zero-order chi connectivity index (χ0) is 14.4.